The summed E-state index contributed by atoms with van der Waals surface area (Å²) >= 11 is 0. The first-order valence-corrected chi connectivity index (χ1v) is 6.01. The molecule has 0 unspecified atom stereocenters. The molecule has 0 saturated carbocycles. The molecule has 1 aromatic carbocycles. The second kappa shape index (κ2) is 6.49. The Hall–Kier alpha value is -1.08. The van der Waals surface area contributed by atoms with E-state index >= 15 is 0 Å². The zero-order chi connectivity index (χ0) is 12.0. The summed E-state index contributed by atoms with van der Waals surface area (Å²) in [7, 11) is 2.19. The van der Waals surface area contributed by atoms with Gasteiger partial charge in [0.15, 0.2) is 0 Å². The summed E-state index contributed by atoms with van der Waals surface area (Å²) in [6.07, 6.45) is 3.09. The predicted molar refractivity (Wildman–Crippen MR) is 71.5 cm³/mol. The lowest BCUT2D eigenvalue weighted by molar-refractivity contribution is 0.227. The van der Waals surface area contributed by atoms with E-state index in [-0.39, 0.29) is 0 Å². The van der Waals surface area contributed by atoms with Gasteiger partial charge in [0, 0.05) is 12.6 Å². The summed E-state index contributed by atoms with van der Waals surface area (Å²) in [5.74, 6) is 0.675. The minimum Gasteiger partial charge on any atom is -0.299 e. The van der Waals surface area contributed by atoms with Gasteiger partial charge in [0.2, 0.25) is 0 Å². The van der Waals surface area contributed by atoms with Gasteiger partial charge in [0.05, 0.1) is 0 Å². The molecular weight excluding hydrogens is 194 g/mol. The lowest BCUT2D eigenvalue weighted by atomic mass is 10.0. The Bertz CT molecular complexity index is 304. The molecule has 0 aliphatic heterocycles. The topological polar surface area (TPSA) is 3.24 Å². The van der Waals surface area contributed by atoms with Crippen LogP contribution in [-0.4, -0.2) is 18.5 Å². The van der Waals surface area contributed by atoms with E-state index in [4.69, 9.17) is 0 Å². The molecular formula is C15H23N. The molecule has 1 nitrogen and oxygen atoms in total. The van der Waals surface area contributed by atoms with E-state index in [0.717, 1.165) is 13.0 Å². The van der Waals surface area contributed by atoms with Crippen LogP contribution in [0.15, 0.2) is 43.0 Å². The normalized spacial score (nSPS) is 14.8. The van der Waals surface area contributed by atoms with Crippen LogP contribution in [0, 0.1) is 5.92 Å². The monoisotopic (exact) mass is 217 g/mol. The fraction of sp³-hybridized carbons (Fsp3) is 0.467. The van der Waals surface area contributed by atoms with E-state index in [2.05, 4.69) is 62.7 Å². The fourth-order valence-electron chi connectivity index (χ4n) is 1.99. The highest BCUT2D eigenvalue weighted by Gasteiger charge is 2.13. The van der Waals surface area contributed by atoms with Crippen LogP contribution in [0.3, 0.4) is 0 Å². The third-order valence-corrected chi connectivity index (χ3v) is 3.11. The smallest absolute Gasteiger partial charge is 0.0316 e. The SMILES string of the molecule is C=CC[C@@H](C)CN(C)[C@@H](C)c1ccccc1. The van der Waals surface area contributed by atoms with Crippen LogP contribution in [-0.2, 0) is 0 Å². The molecule has 0 aromatic heterocycles. The van der Waals surface area contributed by atoms with Gasteiger partial charge in [-0.05, 0) is 31.9 Å². The molecule has 16 heavy (non-hydrogen) atoms. The molecule has 1 heteroatoms. The molecule has 0 spiro atoms. The number of hydrogen-bond donors (Lipinski definition) is 0. The summed E-state index contributed by atoms with van der Waals surface area (Å²) in [4.78, 5) is 2.41. The molecule has 2 atom stereocenters. The number of nitrogens with zero attached hydrogens (tertiary/aromatic N) is 1. The average Bonchev–Trinajstić information content (AvgIpc) is 2.29. The Labute approximate surface area is 99.8 Å². The summed E-state index contributed by atoms with van der Waals surface area (Å²) in [5, 5.41) is 0. The Morgan fingerprint density at radius 1 is 1.25 bits per heavy atom. The van der Waals surface area contributed by atoms with Crippen molar-refractivity contribution in [3.8, 4) is 0 Å². The maximum absolute atomic E-state index is 3.79. The molecule has 0 N–H and O–H groups in total. The lowest BCUT2D eigenvalue weighted by Crippen LogP contribution is -2.27. The van der Waals surface area contributed by atoms with Gasteiger partial charge >= 0.3 is 0 Å². The standard InChI is InChI=1S/C15H23N/c1-5-9-13(2)12-16(4)14(3)15-10-7-6-8-11-15/h5-8,10-11,13-14H,1,9,12H2,2-4H3/t13-,14+/m1/s1. The van der Waals surface area contributed by atoms with Crippen molar-refractivity contribution in [1.82, 2.24) is 4.90 Å². The molecule has 0 bridgehead atoms. The van der Waals surface area contributed by atoms with Crippen LogP contribution in [0.4, 0.5) is 0 Å². The molecule has 0 aliphatic rings. The maximum Gasteiger partial charge on any atom is 0.0316 e. The van der Waals surface area contributed by atoms with Crippen LogP contribution >= 0.6 is 0 Å². The molecule has 0 radical (unpaired) electrons. The van der Waals surface area contributed by atoms with Gasteiger partial charge in [-0.1, -0.05) is 43.3 Å². The van der Waals surface area contributed by atoms with E-state index in [1.807, 2.05) is 6.08 Å². The number of allylic oxidation sites excluding steroid dienone is 1. The van der Waals surface area contributed by atoms with Crippen LogP contribution in [0.25, 0.3) is 0 Å². The van der Waals surface area contributed by atoms with Crippen LogP contribution in [0.5, 0.6) is 0 Å². The van der Waals surface area contributed by atoms with Gasteiger partial charge in [-0.3, -0.25) is 4.90 Å². The van der Waals surface area contributed by atoms with Crippen molar-refractivity contribution in [3.05, 3.63) is 48.6 Å². The van der Waals surface area contributed by atoms with E-state index in [0.29, 0.717) is 12.0 Å². The summed E-state index contributed by atoms with van der Waals surface area (Å²) < 4.78 is 0. The summed E-state index contributed by atoms with van der Waals surface area (Å²) in [5.41, 5.74) is 1.39. The van der Waals surface area contributed by atoms with E-state index in [1.165, 1.54) is 5.56 Å². The summed E-state index contributed by atoms with van der Waals surface area (Å²) in [6, 6.07) is 11.1. The highest BCUT2D eigenvalue weighted by Crippen LogP contribution is 2.19. The second-order valence-corrected chi connectivity index (χ2v) is 4.66. The van der Waals surface area contributed by atoms with Crippen LogP contribution < -0.4 is 0 Å². The van der Waals surface area contributed by atoms with E-state index in [1.54, 1.807) is 0 Å². The van der Waals surface area contributed by atoms with Crippen molar-refractivity contribution >= 4 is 0 Å². The third-order valence-electron chi connectivity index (χ3n) is 3.11. The van der Waals surface area contributed by atoms with Crippen molar-refractivity contribution in [2.75, 3.05) is 13.6 Å². The van der Waals surface area contributed by atoms with Crippen molar-refractivity contribution in [3.63, 3.8) is 0 Å². The first-order valence-electron chi connectivity index (χ1n) is 6.01. The fourth-order valence-corrected chi connectivity index (χ4v) is 1.99. The average molecular weight is 217 g/mol. The van der Waals surface area contributed by atoms with Gasteiger partial charge in [-0.25, -0.2) is 0 Å². The zero-order valence-electron chi connectivity index (χ0n) is 10.7. The zero-order valence-corrected chi connectivity index (χ0v) is 10.7. The maximum atomic E-state index is 3.79. The molecule has 0 fully saturated rings. The van der Waals surface area contributed by atoms with Crippen LogP contribution in [0.1, 0.15) is 31.9 Å². The minimum atomic E-state index is 0.480. The minimum absolute atomic E-state index is 0.480. The molecule has 0 amide bonds. The van der Waals surface area contributed by atoms with E-state index < -0.39 is 0 Å². The van der Waals surface area contributed by atoms with Gasteiger partial charge in [-0.2, -0.15) is 0 Å². The largest absolute Gasteiger partial charge is 0.299 e. The Morgan fingerprint density at radius 2 is 1.88 bits per heavy atom. The van der Waals surface area contributed by atoms with Gasteiger partial charge in [0.1, 0.15) is 0 Å². The third kappa shape index (κ3) is 3.82. The van der Waals surface area contributed by atoms with Crippen molar-refractivity contribution in [2.45, 2.75) is 26.3 Å². The van der Waals surface area contributed by atoms with E-state index in [9.17, 15) is 0 Å². The molecule has 0 saturated heterocycles. The first-order chi connectivity index (χ1) is 7.65. The number of benzene rings is 1. The first kappa shape index (κ1) is 13.0. The highest BCUT2D eigenvalue weighted by molar-refractivity contribution is 5.18. The van der Waals surface area contributed by atoms with Crippen molar-refractivity contribution < 1.29 is 0 Å². The molecule has 1 rings (SSSR count). The Balaban J connectivity index is 2.54. The number of hydrogen-bond acceptors (Lipinski definition) is 1. The van der Waals surface area contributed by atoms with Crippen molar-refractivity contribution in [2.24, 2.45) is 5.92 Å². The van der Waals surface area contributed by atoms with Crippen LogP contribution in [0.2, 0.25) is 0 Å². The van der Waals surface area contributed by atoms with Crippen molar-refractivity contribution in [1.29, 1.82) is 0 Å². The lowest BCUT2D eigenvalue weighted by Gasteiger charge is -2.27. The highest BCUT2D eigenvalue weighted by atomic mass is 15.1. The Morgan fingerprint density at radius 3 is 2.44 bits per heavy atom. The molecule has 0 aliphatic carbocycles. The second-order valence-electron chi connectivity index (χ2n) is 4.66. The summed E-state index contributed by atoms with van der Waals surface area (Å²) in [6.45, 7) is 9.44. The number of rotatable bonds is 6. The predicted octanol–water partition coefficient (Wildman–Crippen LogP) is 3.89. The Kier molecular flexibility index (Phi) is 5.27. The quantitative estimate of drug-likeness (QED) is 0.653. The van der Waals surface area contributed by atoms with Gasteiger partial charge < -0.3 is 0 Å². The van der Waals surface area contributed by atoms with Gasteiger partial charge in [-0.15, -0.1) is 6.58 Å². The molecule has 1 aromatic rings. The molecule has 0 heterocycles. The van der Waals surface area contributed by atoms with Gasteiger partial charge in [0.25, 0.3) is 0 Å². The molecule has 88 valence electrons.